The zero-order valence-electron chi connectivity index (χ0n) is 6.58. The first-order chi connectivity index (χ1) is 5.08. The predicted octanol–water partition coefficient (Wildman–Crippen LogP) is -0.698. The van der Waals surface area contributed by atoms with Crippen molar-refractivity contribution in [1.82, 2.24) is 10.0 Å². The van der Waals surface area contributed by atoms with Gasteiger partial charge >= 0.3 is 0 Å². The molecule has 0 aromatic rings. The van der Waals surface area contributed by atoms with Crippen LogP contribution in [0, 0.1) is 0 Å². The first kappa shape index (κ1) is 8.96. The minimum Gasteiger partial charge on any atom is -0.237 e. The molecule has 1 heterocycles. The molecular formula is C6H13N2O2S. The molecule has 0 aromatic carbocycles. The highest BCUT2D eigenvalue weighted by Gasteiger charge is 2.16. The number of hydrogen-bond acceptors (Lipinski definition) is 2. The Morgan fingerprint density at radius 2 is 2.36 bits per heavy atom. The molecule has 11 heavy (non-hydrogen) atoms. The van der Waals surface area contributed by atoms with Crippen molar-refractivity contribution in [2.45, 2.75) is 18.9 Å². The van der Waals surface area contributed by atoms with Gasteiger partial charge in [-0.3, -0.25) is 0 Å². The SMILES string of the molecule is CS(=O)(=O)NC[C@@H]1CCC[N]1. The fourth-order valence-electron chi connectivity index (χ4n) is 1.11. The molecule has 1 N–H and O–H groups in total. The van der Waals surface area contributed by atoms with Gasteiger partial charge in [0, 0.05) is 19.1 Å². The lowest BCUT2D eigenvalue weighted by Gasteiger charge is -2.07. The van der Waals surface area contributed by atoms with Gasteiger partial charge in [-0.2, -0.15) is 0 Å². The smallest absolute Gasteiger partial charge is 0.208 e. The zero-order chi connectivity index (χ0) is 8.32. The number of nitrogens with zero attached hydrogens (tertiary/aromatic N) is 1. The third-order valence-electron chi connectivity index (χ3n) is 1.66. The molecule has 0 aliphatic carbocycles. The van der Waals surface area contributed by atoms with E-state index in [2.05, 4.69) is 10.0 Å². The topological polar surface area (TPSA) is 60.3 Å². The molecule has 1 atom stereocenters. The van der Waals surface area contributed by atoms with E-state index in [1.165, 1.54) is 6.26 Å². The quantitative estimate of drug-likeness (QED) is 0.620. The lowest BCUT2D eigenvalue weighted by molar-refractivity contribution is 0.552. The highest BCUT2D eigenvalue weighted by atomic mass is 32.2. The lowest BCUT2D eigenvalue weighted by atomic mass is 10.2. The van der Waals surface area contributed by atoms with Crippen LogP contribution in [0.5, 0.6) is 0 Å². The van der Waals surface area contributed by atoms with E-state index in [-0.39, 0.29) is 6.04 Å². The van der Waals surface area contributed by atoms with Crippen molar-refractivity contribution in [3.63, 3.8) is 0 Å². The minimum atomic E-state index is -3.02. The van der Waals surface area contributed by atoms with Crippen LogP contribution in [0.2, 0.25) is 0 Å². The maximum Gasteiger partial charge on any atom is 0.208 e. The highest BCUT2D eigenvalue weighted by Crippen LogP contribution is 2.05. The van der Waals surface area contributed by atoms with Crippen molar-refractivity contribution < 1.29 is 8.42 Å². The Morgan fingerprint density at radius 1 is 1.64 bits per heavy atom. The van der Waals surface area contributed by atoms with Gasteiger partial charge in [-0.15, -0.1) is 0 Å². The summed E-state index contributed by atoms with van der Waals surface area (Å²) < 4.78 is 23.7. The fraction of sp³-hybridized carbons (Fsp3) is 1.00. The van der Waals surface area contributed by atoms with Crippen molar-refractivity contribution in [2.24, 2.45) is 0 Å². The second-order valence-electron chi connectivity index (χ2n) is 2.82. The minimum absolute atomic E-state index is 0.213. The van der Waals surface area contributed by atoms with Crippen molar-refractivity contribution in [2.75, 3.05) is 19.3 Å². The largest absolute Gasteiger partial charge is 0.237 e. The molecular weight excluding hydrogens is 164 g/mol. The van der Waals surface area contributed by atoms with E-state index in [0.717, 1.165) is 19.4 Å². The molecule has 0 amide bonds. The van der Waals surface area contributed by atoms with E-state index in [4.69, 9.17) is 0 Å². The van der Waals surface area contributed by atoms with Crippen LogP contribution >= 0.6 is 0 Å². The predicted molar refractivity (Wildman–Crippen MR) is 42.9 cm³/mol. The zero-order valence-corrected chi connectivity index (χ0v) is 7.39. The Balaban J connectivity index is 2.22. The standard InChI is InChI=1S/C6H13N2O2S/c1-11(9,10)8-5-6-3-2-4-7-6/h6,8H,2-5H2,1H3/t6-/m0/s1. The molecule has 65 valence electrons. The van der Waals surface area contributed by atoms with E-state index in [1.807, 2.05) is 0 Å². The van der Waals surface area contributed by atoms with Gasteiger partial charge in [-0.1, -0.05) is 0 Å². The monoisotopic (exact) mass is 177 g/mol. The van der Waals surface area contributed by atoms with Gasteiger partial charge in [0.05, 0.1) is 6.26 Å². The molecule has 1 rings (SSSR count). The number of hydrogen-bond donors (Lipinski definition) is 1. The van der Waals surface area contributed by atoms with Crippen molar-refractivity contribution >= 4 is 10.0 Å². The van der Waals surface area contributed by atoms with Gasteiger partial charge in [-0.05, 0) is 12.8 Å². The summed E-state index contributed by atoms with van der Waals surface area (Å²) in [7, 11) is -3.02. The molecule has 0 spiro atoms. The highest BCUT2D eigenvalue weighted by molar-refractivity contribution is 7.88. The summed E-state index contributed by atoms with van der Waals surface area (Å²) in [4.78, 5) is 0. The Labute approximate surface area is 67.4 Å². The molecule has 0 bridgehead atoms. The molecule has 0 saturated carbocycles. The number of nitrogens with one attached hydrogen (secondary N) is 1. The summed E-state index contributed by atoms with van der Waals surface area (Å²) in [6, 6.07) is 0.213. The third-order valence-corrected chi connectivity index (χ3v) is 2.35. The van der Waals surface area contributed by atoms with Gasteiger partial charge < -0.3 is 0 Å². The van der Waals surface area contributed by atoms with Crippen LogP contribution in [-0.2, 0) is 10.0 Å². The third kappa shape index (κ3) is 3.69. The molecule has 1 aliphatic rings. The van der Waals surface area contributed by atoms with Crippen LogP contribution in [0.15, 0.2) is 0 Å². The molecule has 1 aliphatic heterocycles. The first-order valence-corrected chi connectivity index (χ1v) is 5.58. The van der Waals surface area contributed by atoms with Gasteiger partial charge in [-0.25, -0.2) is 18.5 Å². The van der Waals surface area contributed by atoms with Crippen LogP contribution in [0.4, 0.5) is 0 Å². The average Bonchev–Trinajstić information content (AvgIpc) is 2.32. The average molecular weight is 177 g/mol. The summed E-state index contributed by atoms with van der Waals surface area (Å²) in [5.74, 6) is 0. The lowest BCUT2D eigenvalue weighted by Crippen LogP contribution is -2.33. The Bertz CT molecular complexity index is 207. The molecule has 1 saturated heterocycles. The molecule has 1 radical (unpaired) electrons. The van der Waals surface area contributed by atoms with Crippen molar-refractivity contribution in [3.05, 3.63) is 0 Å². The maximum atomic E-state index is 10.6. The van der Waals surface area contributed by atoms with Gasteiger partial charge in [0.25, 0.3) is 0 Å². The summed E-state index contributed by atoms with van der Waals surface area (Å²) in [6.07, 6.45) is 3.28. The summed E-state index contributed by atoms with van der Waals surface area (Å²) in [5, 5.41) is 4.21. The van der Waals surface area contributed by atoms with Crippen LogP contribution in [0.25, 0.3) is 0 Å². The van der Waals surface area contributed by atoms with E-state index in [1.54, 1.807) is 0 Å². The Hall–Kier alpha value is -0.130. The van der Waals surface area contributed by atoms with Crippen molar-refractivity contribution in [3.8, 4) is 0 Å². The van der Waals surface area contributed by atoms with Crippen molar-refractivity contribution in [1.29, 1.82) is 0 Å². The fourth-order valence-corrected chi connectivity index (χ4v) is 1.60. The molecule has 0 unspecified atom stereocenters. The summed E-state index contributed by atoms with van der Waals surface area (Å²) in [6.45, 7) is 1.36. The van der Waals surface area contributed by atoms with E-state index < -0.39 is 10.0 Å². The van der Waals surface area contributed by atoms with Crippen LogP contribution in [-0.4, -0.2) is 33.8 Å². The van der Waals surface area contributed by atoms with Crippen LogP contribution in [0.3, 0.4) is 0 Å². The second kappa shape index (κ2) is 3.51. The molecule has 1 fully saturated rings. The van der Waals surface area contributed by atoms with Crippen LogP contribution < -0.4 is 10.0 Å². The van der Waals surface area contributed by atoms with Gasteiger partial charge in [0.15, 0.2) is 0 Å². The van der Waals surface area contributed by atoms with E-state index in [9.17, 15) is 8.42 Å². The molecule has 0 aromatic heterocycles. The van der Waals surface area contributed by atoms with E-state index >= 15 is 0 Å². The normalized spacial score (nSPS) is 25.7. The number of rotatable bonds is 3. The second-order valence-corrected chi connectivity index (χ2v) is 4.66. The molecule has 5 heteroatoms. The summed E-state index contributed by atoms with van der Waals surface area (Å²) >= 11 is 0. The van der Waals surface area contributed by atoms with Crippen LogP contribution in [0.1, 0.15) is 12.8 Å². The first-order valence-electron chi connectivity index (χ1n) is 3.69. The Morgan fingerprint density at radius 3 is 2.82 bits per heavy atom. The number of sulfonamides is 1. The summed E-state index contributed by atoms with van der Waals surface area (Å²) in [5.41, 5.74) is 0. The van der Waals surface area contributed by atoms with E-state index in [0.29, 0.717) is 6.54 Å². The van der Waals surface area contributed by atoms with Gasteiger partial charge in [0.2, 0.25) is 10.0 Å². The van der Waals surface area contributed by atoms with Gasteiger partial charge in [0.1, 0.15) is 0 Å². The molecule has 4 nitrogen and oxygen atoms in total. The maximum absolute atomic E-state index is 10.6. The Kier molecular flexibility index (Phi) is 2.86.